The first kappa shape index (κ1) is 26.9. The molecule has 0 saturated heterocycles. The zero-order chi connectivity index (χ0) is 27.1. The highest BCUT2D eigenvalue weighted by atomic mass is 19.4. The summed E-state index contributed by atoms with van der Waals surface area (Å²) < 4.78 is 43.3. The summed E-state index contributed by atoms with van der Waals surface area (Å²) in [5.41, 5.74) is 9.51. The third-order valence-electron chi connectivity index (χ3n) is 5.92. The number of nitrogens with zero attached hydrogens (tertiary/aromatic N) is 3. The normalized spacial score (nSPS) is 12.3. The maximum absolute atomic E-state index is 12.7. The van der Waals surface area contributed by atoms with Gasteiger partial charge < -0.3 is 25.7 Å². The molecule has 1 amide bonds. The number of fused-ring (bicyclic) bond motifs is 1. The van der Waals surface area contributed by atoms with Gasteiger partial charge in [-0.15, -0.1) is 13.2 Å². The Morgan fingerprint density at radius 1 is 1.11 bits per heavy atom. The number of alkyl halides is 3. The monoisotopic (exact) mass is 526 g/mol. The minimum absolute atomic E-state index is 0.122. The number of halogens is 3. The average molecular weight is 527 g/mol. The fourth-order valence-electron chi connectivity index (χ4n) is 4.07. The SMILES string of the molecule is C[C@H](NC(=O)CCc1nc2cccnc2n1Cc1ccc(OC(F)(F)F)cc1)c1ccc(NCCN)cc1. The van der Waals surface area contributed by atoms with E-state index in [9.17, 15) is 18.0 Å². The number of ether oxygens (including phenoxy) is 1. The number of benzene rings is 2. The molecular weight excluding hydrogens is 497 g/mol. The molecule has 0 radical (unpaired) electrons. The highest BCUT2D eigenvalue weighted by molar-refractivity contribution is 5.77. The van der Waals surface area contributed by atoms with Gasteiger partial charge in [0.15, 0.2) is 5.65 Å². The molecule has 38 heavy (non-hydrogen) atoms. The van der Waals surface area contributed by atoms with Crippen molar-refractivity contribution < 1.29 is 22.7 Å². The van der Waals surface area contributed by atoms with Crippen LogP contribution in [0.5, 0.6) is 5.75 Å². The Balaban J connectivity index is 1.41. The Bertz CT molecular complexity index is 1350. The molecule has 0 aliphatic heterocycles. The van der Waals surface area contributed by atoms with Crippen LogP contribution in [0.25, 0.3) is 11.2 Å². The van der Waals surface area contributed by atoms with Gasteiger partial charge in [-0.3, -0.25) is 4.79 Å². The second-order valence-electron chi connectivity index (χ2n) is 8.78. The second-order valence-corrected chi connectivity index (χ2v) is 8.78. The number of anilines is 1. The van der Waals surface area contributed by atoms with Crippen LogP contribution in [0.15, 0.2) is 66.9 Å². The van der Waals surface area contributed by atoms with Crippen molar-refractivity contribution in [2.24, 2.45) is 5.73 Å². The number of nitrogens with one attached hydrogen (secondary N) is 2. The van der Waals surface area contributed by atoms with Gasteiger partial charge in [-0.05, 0) is 54.4 Å². The largest absolute Gasteiger partial charge is 0.573 e. The van der Waals surface area contributed by atoms with Crippen LogP contribution in [0.4, 0.5) is 18.9 Å². The van der Waals surface area contributed by atoms with E-state index >= 15 is 0 Å². The van der Waals surface area contributed by atoms with Crippen molar-refractivity contribution in [3.63, 3.8) is 0 Å². The Labute approximate surface area is 218 Å². The van der Waals surface area contributed by atoms with Crippen LogP contribution in [0.1, 0.15) is 36.3 Å². The molecule has 0 fully saturated rings. The van der Waals surface area contributed by atoms with Gasteiger partial charge in [-0.25, -0.2) is 9.97 Å². The number of aryl methyl sites for hydroxylation is 1. The number of pyridine rings is 1. The quantitative estimate of drug-likeness (QED) is 0.265. The van der Waals surface area contributed by atoms with E-state index in [1.54, 1.807) is 24.4 Å². The van der Waals surface area contributed by atoms with E-state index in [1.807, 2.05) is 41.8 Å². The number of carbonyl (C=O) groups excluding carboxylic acids is 1. The van der Waals surface area contributed by atoms with E-state index < -0.39 is 6.36 Å². The molecule has 0 bridgehead atoms. The summed E-state index contributed by atoms with van der Waals surface area (Å²) in [6, 6.07) is 16.9. The Kier molecular flexibility index (Phi) is 8.47. The van der Waals surface area contributed by atoms with Crippen molar-refractivity contribution in [2.75, 3.05) is 18.4 Å². The minimum Gasteiger partial charge on any atom is -0.406 e. The second kappa shape index (κ2) is 12.0. The first-order valence-electron chi connectivity index (χ1n) is 12.2. The van der Waals surface area contributed by atoms with Crippen molar-refractivity contribution in [3.8, 4) is 5.75 Å². The predicted octanol–water partition coefficient (Wildman–Crippen LogP) is 4.56. The van der Waals surface area contributed by atoms with Gasteiger partial charge in [-0.2, -0.15) is 0 Å². The fraction of sp³-hybridized carbons (Fsp3) is 0.296. The smallest absolute Gasteiger partial charge is 0.406 e. The molecule has 1 atom stereocenters. The predicted molar refractivity (Wildman–Crippen MR) is 139 cm³/mol. The third kappa shape index (κ3) is 7.22. The first-order chi connectivity index (χ1) is 18.2. The lowest BCUT2D eigenvalue weighted by Crippen LogP contribution is -2.27. The van der Waals surface area contributed by atoms with Crippen molar-refractivity contribution in [1.82, 2.24) is 19.9 Å². The maximum atomic E-state index is 12.7. The fourth-order valence-corrected chi connectivity index (χ4v) is 4.07. The third-order valence-corrected chi connectivity index (χ3v) is 5.92. The average Bonchev–Trinajstić information content (AvgIpc) is 3.24. The standard InChI is InChI=1S/C27H29F3N6O2/c1-18(20-6-8-21(9-7-20)32-16-14-31)34-25(37)13-12-24-35-23-3-2-15-33-26(23)36(24)17-19-4-10-22(11-5-19)38-27(28,29)30/h2-11,15,18,32H,12-14,16-17,31H2,1H3,(H,34,37)/t18-/m0/s1. The van der Waals surface area contributed by atoms with E-state index in [0.29, 0.717) is 43.0 Å². The van der Waals surface area contributed by atoms with Gasteiger partial charge in [-0.1, -0.05) is 24.3 Å². The van der Waals surface area contributed by atoms with Crippen LogP contribution in [0.2, 0.25) is 0 Å². The van der Waals surface area contributed by atoms with Crippen molar-refractivity contribution >= 4 is 22.8 Å². The molecule has 4 N–H and O–H groups in total. The lowest BCUT2D eigenvalue weighted by Gasteiger charge is -2.15. The van der Waals surface area contributed by atoms with Gasteiger partial charge in [0.2, 0.25) is 5.91 Å². The number of imidazole rings is 1. The lowest BCUT2D eigenvalue weighted by molar-refractivity contribution is -0.274. The molecule has 2 aromatic heterocycles. The number of carbonyl (C=O) groups is 1. The van der Waals surface area contributed by atoms with Crippen LogP contribution in [-0.2, 0) is 17.8 Å². The van der Waals surface area contributed by atoms with Gasteiger partial charge in [0.25, 0.3) is 0 Å². The summed E-state index contributed by atoms with van der Waals surface area (Å²) in [4.78, 5) is 21.8. The van der Waals surface area contributed by atoms with E-state index in [2.05, 4.69) is 25.3 Å². The Morgan fingerprint density at radius 3 is 2.53 bits per heavy atom. The number of hydrogen-bond acceptors (Lipinski definition) is 6. The van der Waals surface area contributed by atoms with Crippen molar-refractivity contribution in [1.29, 1.82) is 0 Å². The van der Waals surface area contributed by atoms with Crippen molar-refractivity contribution in [2.45, 2.75) is 38.7 Å². The van der Waals surface area contributed by atoms with Crippen molar-refractivity contribution in [3.05, 3.63) is 83.8 Å². The summed E-state index contributed by atoms with van der Waals surface area (Å²) in [6.07, 6.45) is -2.52. The zero-order valence-corrected chi connectivity index (χ0v) is 20.8. The summed E-state index contributed by atoms with van der Waals surface area (Å²) in [5.74, 6) is 0.248. The molecule has 0 unspecified atom stereocenters. The van der Waals surface area contributed by atoms with Gasteiger partial charge >= 0.3 is 6.36 Å². The molecule has 4 aromatic rings. The molecule has 11 heteroatoms. The molecule has 2 aromatic carbocycles. The molecule has 0 aliphatic rings. The molecule has 0 aliphatic carbocycles. The number of hydrogen-bond donors (Lipinski definition) is 3. The topological polar surface area (TPSA) is 107 Å². The molecule has 0 spiro atoms. The van der Waals surface area contributed by atoms with E-state index in [4.69, 9.17) is 5.73 Å². The van der Waals surface area contributed by atoms with Gasteiger partial charge in [0.05, 0.1) is 12.6 Å². The van der Waals surface area contributed by atoms with Crippen LogP contribution in [-0.4, -0.2) is 39.9 Å². The summed E-state index contributed by atoms with van der Waals surface area (Å²) in [7, 11) is 0. The molecule has 8 nitrogen and oxygen atoms in total. The van der Waals surface area contributed by atoms with E-state index in [0.717, 1.165) is 16.8 Å². The maximum Gasteiger partial charge on any atom is 0.573 e. The van der Waals surface area contributed by atoms with E-state index in [-0.39, 0.29) is 24.1 Å². The summed E-state index contributed by atoms with van der Waals surface area (Å²) >= 11 is 0. The number of amides is 1. The number of aromatic nitrogens is 3. The van der Waals surface area contributed by atoms with Gasteiger partial charge in [0, 0.05) is 37.8 Å². The van der Waals surface area contributed by atoms with Crippen LogP contribution in [0, 0.1) is 0 Å². The Hall–Kier alpha value is -4.12. The first-order valence-corrected chi connectivity index (χ1v) is 12.2. The van der Waals surface area contributed by atoms with Crippen LogP contribution < -0.4 is 21.1 Å². The minimum atomic E-state index is -4.75. The zero-order valence-electron chi connectivity index (χ0n) is 20.8. The Morgan fingerprint density at radius 2 is 1.84 bits per heavy atom. The number of rotatable bonds is 11. The number of nitrogens with two attached hydrogens (primary N) is 1. The molecule has 2 heterocycles. The molecular formula is C27H29F3N6O2. The molecule has 4 rings (SSSR count). The molecule has 0 saturated carbocycles. The van der Waals surface area contributed by atoms with Crippen LogP contribution >= 0.6 is 0 Å². The van der Waals surface area contributed by atoms with Crippen LogP contribution in [0.3, 0.4) is 0 Å². The highest BCUT2D eigenvalue weighted by Crippen LogP contribution is 2.24. The summed E-state index contributed by atoms with van der Waals surface area (Å²) in [5, 5.41) is 6.23. The van der Waals surface area contributed by atoms with Gasteiger partial charge in [0.1, 0.15) is 17.1 Å². The highest BCUT2D eigenvalue weighted by Gasteiger charge is 2.31. The summed E-state index contributed by atoms with van der Waals surface area (Å²) in [6.45, 7) is 3.48. The van der Waals surface area contributed by atoms with E-state index in [1.165, 1.54) is 12.1 Å². The lowest BCUT2D eigenvalue weighted by atomic mass is 10.1. The molecule has 200 valence electrons.